The van der Waals surface area contributed by atoms with Crippen molar-refractivity contribution < 1.29 is 19.0 Å². The molecule has 2 N–H and O–H groups in total. The van der Waals surface area contributed by atoms with Crippen LogP contribution in [0.1, 0.15) is 38.5 Å². The molecule has 2 rings (SSSR count). The second-order valence-corrected chi connectivity index (χ2v) is 4.92. The molecule has 2 fully saturated rings. The molecule has 0 spiro atoms. The van der Waals surface area contributed by atoms with Crippen molar-refractivity contribution in [3.8, 4) is 0 Å². The molecule has 0 bridgehead atoms. The van der Waals surface area contributed by atoms with Crippen LogP contribution in [0.5, 0.6) is 0 Å². The Morgan fingerprint density at radius 2 is 1.12 bits per heavy atom. The molecule has 2 aliphatic carbocycles. The number of alkyl halides is 2. The van der Waals surface area contributed by atoms with E-state index in [2.05, 4.69) is 0 Å². The molecule has 96 valence electrons. The van der Waals surface area contributed by atoms with Crippen LogP contribution >= 0.6 is 0 Å². The van der Waals surface area contributed by atoms with Crippen LogP contribution in [0.2, 0.25) is 0 Å². The summed E-state index contributed by atoms with van der Waals surface area (Å²) in [6.07, 6.45) is 2.96. The molecule has 2 aliphatic rings. The SMILES string of the molecule is OC[C@@H]1CC[C@H](F)C1.OC[C@H]1CC[C@@H](F)C1. The van der Waals surface area contributed by atoms with Gasteiger partial charge in [0.15, 0.2) is 0 Å². The molecule has 4 heteroatoms. The summed E-state index contributed by atoms with van der Waals surface area (Å²) in [5.74, 6) is 0.509. The Kier molecular flexibility index (Phi) is 6.21. The molecule has 0 radical (unpaired) electrons. The maximum Gasteiger partial charge on any atom is 0.100 e. The predicted molar refractivity (Wildman–Crippen MR) is 58.6 cm³/mol. The van der Waals surface area contributed by atoms with Crippen molar-refractivity contribution >= 4 is 0 Å². The van der Waals surface area contributed by atoms with Gasteiger partial charge in [0.1, 0.15) is 12.3 Å². The maximum absolute atomic E-state index is 12.2. The van der Waals surface area contributed by atoms with Gasteiger partial charge in [0, 0.05) is 13.2 Å². The van der Waals surface area contributed by atoms with Gasteiger partial charge in [0.2, 0.25) is 0 Å². The molecule has 2 nitrogen and oxygen atoms in total. The Labute approximate surface area is 95.7 Å². The lowest BCUT2D eigenvalue weighted by Crippen LogP contribution is -2.00. The smallest absolute Gasteiger partial charge is 0.100 e. The van der Waals surface area contributed by atoms with Crippen molar-refractivity contribution in [3.05, 3.63) is 0 Å². The zero-order valence-corrected chi connectivity index (χ0v) is 9.62. The van der Waals surface area contributed by atoms with Crippen LogP contribution in [0.4, 0.5) is 8.78 Å². The van der Waals surface area contributed by atoms with E-state index in [0.29, 0.717) is 25.7 Å². The topological polar surface area (TPSA) is 40.5 Å². The third-order valence-corrected chi connectivity index (χ3v) is 3.47. The van der Waals surface area contributed by atoms with E-state index in [0.717, 1.165) is 12.8 Å². The van der Waals surface area contributed by atoms with E-state index in [-0.39, 0.29) is 25.0 Å². The molecule has 0 aromatic carbocycles. The molecule has 0 saturated heterocycles. The van der Waals surface area contributed by atoms with Crippen molar-refractivity contribution in [2.45, 2.75) is 50.9 Å². The fourth-order valence-corrected chi connectivity index (χ4v) is 2.36. The first-order valence-corrected chi connectivity index (χ1v) is 6.15. The molecule has 0 aliphatic heterocycles. The van der Waals surface area contributed by atoms with E-state index in [1.807, 2.05) is 0 Å². The zero-order chi connectivity index (χ0) is 12.0. The predicted octanol–water partition coefficient (Wildman–Crippen LogP) is 2.23. The highest BCUT2D eigenvalue weighted by molar-refractivity contribution is 4.74. The highest BCUT2D eigenvalue weighted by Gasteiger charge is 2.23. The number of halogens is 2. The number of hydrogen-bond donors (Lipinski definition) is 2. The van der Waals surface area contributed by atoms with Gasteiger partial charge in [-0.3, -0.25) is 0 Å². The van der Waals surface area contributed by atoms with Crippen LogP contribution in [0.15, 0.2) is 0 Å². The normalized spacial score (nSPS) is 38.2. The molecule has 0 heterocycles. The van der Waals surface area contributed by atoms with Gasteiger partial charge < -0.3 is 10.2 Å². The summed E-state index contributed by atoms with van der Waals surface area (Å²) >= 11 is 0. The molecule has 16 heavy (non-hydrogen) atoms. The monoisotopic (exact) mass is 236 g/mol. The van der Waals surface area contributed by atoms with E-state index < -0.39 is 12.3 Å². The summed E-state index contributed by atoms with van der Waals surface area (Å²) < 4.78 is 24.5. The van der Waals surface area contributed by atoms with Crippen LogP contribution in [-0.4, -0.2) is 35.8 Å². The minimum atomic E-state index is -0.632. The van der Waals surface area contributed by atoms with Gasteiger partial charge in [0.05, 0.1) is 0 Å². The van der Waals surface area contributed by atoms with E-state index in [4.69, 9.17) is 10.2 Å². The molecule has 2 saturated carbocycles. The molecule has 0 aromatic rings. The van der Waals surface area contributed by atoms with Crippen LogP contribution in [0.25, 0.3) is 0 Å². The van der Waals surface area contributed by atoms with Crippen molar-refractivity contribution in [3.63, 3.8) is 0 Å². The summed E-state index contributed by atoms with van der Waals surface area (Å²) in [5, 5.41) is 17.0. The standard InChI is InChI=1S/2C6H11FO/c2*7-6-2-1-5(3-6)4-8/h2*5-6,8H,1-4H2/t2*5-,6+/m10/s1. The van der Waals surface area contributed by atoms with Gasteiger partial charge in [-0.05, 0) is 50.4 Å². The van der Waals surface area contributed by atoms with Crippen molar-refractivity contribution in [2.24, 2.45) is 11.8 Å². The lowest BCUT2D eigenvalue weighted by atomic mass is 10.1. The Balaban J connectivity index is 0.000000160. The average molecular weight is 236 g/mol. The van der Waals surface area contributed by atoms with Crippen LogP contribution < -0.4 is 0 Å². The molecule has 4 atom stereocenters. The lowest BCUT2D eigenvalue weighted by Gasteiger charge is -1.99. The van der Waals surface area contributed by atoms with Gasteiger partial charge in [-0.25, -0.2) is 8.78 Å². The second-order valence-electron chi connectivity index (χ2n) is 4.92. The molecule has 0 unspecified atom stereocenters. The fraction of sp³-hybridized carbons (Fsp3) is 1.00. The van der Waals surface area contributed by atoms with Crippen molar-refractivity contribution in [1.29, 1.82) is 0 Å². The Morgan fingerprint density at radius 3 is 1.25 bits per heavy atom. The minimum absolute atomic E-state index is 0.167. The maximum atomic E-state index is 12.2. The average Bonchev–Trinajstić information content (AvgIpc) is 2.88. The molecule has 0 amide bonds. The first kappa shape index (κ1) is 13.8. The number of aliphatic hydroxyl groups is 2. The van der Waals surface area contributed by atoms with Crippen molar-refractivity contribution in [1.82, 2.24) is 0 Å². The summed E-state index contributed by atoms with van der Waals surface area (Å²) in [7, 11) is 0. The quantitative estimate of drug-likeness (QED) is 0.772. The van der Waals surface area contributed by atoms with Crippen molar-refractivity contribution in [2.75, 3.05) is 13.2 Å². The summed E-state index contributed by atoms with van der Waals surface area (Å²) in [6, 6.07) is 0. The van der Waals surface area contributed by atoms with Gasteiger partial charge in [-0.2, -0.15) is 0 Å². The van der Waals surface area contributed by atoms with Gasteiger partial charge >= 0.3 is 0 Å². The van der Waals surface area contributed by atoms with E-state index >= 15 is 0 Å². The Hall–Kier alpha value is -0.220. The van der Waals surface area contributed by atoms with Gasteiger partial charge in [-0.15, -0.1) is 0 Å². The number of hydrogen-bond acceptors (Lipinski definition) is 2. The molecular weight excluding hydrogens is 214 g/mol. The minimum Gasteiger partial charge on any atom is -0.396 e. The van der Waals surface area contributed by atoms with Crippen LogP contribution in [0, 0.1) is 11.8 Å². The first-order valence-electron chi connectivity index (χ1n) is 6.15. The zero-order valence-electron chi connectivity index (χ0n) is 9.62. The van der Waals surface area contributed by atoms with E-state index in [1.54, 1.807) is 0 Å². The summed E-state index contributed by atoms with van der Waals surface area (Å²) in [5.41, 5.74) is 0. The molecule has 0 aromatic heterocycles. The summed E-state index contributed by atoms with van der Waals surface area (Å²) in [4.78, 5) is 0. The number of rotatable bonds is 2. The fourth-order valence-electron chi connectivity index (χ4n) is 2.36. The van der Waals surface area contributed by atoms with Gasteiger partial charge in [0.25, 0.3) is 0 Å². The lowest BCUT2D eigenvalue weighted by molar-refractivity contribution is 0.219. The third kappa shape index (κ3) is 4.74. The summed E-state index contributed by atoms with van der Waals surface area (Å²) in [6.45, 7) is 0.334. The largest absolute Gasteiger partial charge is 0.396 e. The van der Waals surface area contributed by atoms with Gasteiger partial charge in [-0.1, -0.05) is 0 Å². The van der Waals surface area contributed by atoms with Crippen LogP contribution in [-0.2, 0) is 0 Å². The Morgan fingerprint density at radius 1 is 0.750 bits per heavy atom. The first-order chi connectivity index (χ1) is 7.65. The van der Waals surface area contributed by atoms with E-state index in [1.165, 1.54) is 0 Å². The Bertz CT molecular complexity index is 170. The van der Waals surface area contributed by atoms with E-state index in [9.17, 15) is 8.78 Å². The number of aliphatic hydroxyl groups excluding tert-OH is 2. The highest BCUT2D eigenvalue weighted by atomic mass is 19.1. The second kappa shape index (κ2) is 7.17. The molecular formula is C12H22F2O2. The highest BCUT2D eigenvalue weighted by Crippen LogP contribution is 2.27. The van der Waals surface area contributed by atoms with Crippen LogP contribution in [0.3, 0.4) is 0 Å². The third-order valence-electron chi connectivity index (χ3n) is 3.47.